The maximum atomic E-state index is 10.8. The van der Waals surface area contributed by atoms with E-state index in [2.05, 4.69) is 15.9 Å². The summed E-state index contributed by atoms with van der Waals surface area (Å²) in [4.78, 5) is 10.8. The molecule has 66 valence electrons. The van der Waals surface area contributed by atoms with Gasteiger partial charge in [-0.25, -0.2) is 0 Å². The predicted molar refractivity (Wildman–Crippen MR) is 46.4 cm³/mol. The monoisotopic (exact) mass is 221 g/mol. The van der Waals surface area contributed by atoms with E-state index >= 15 is 0 Å². The summed E-state index contributed by atoms with van der Waals surface area (Å²) < 4.78 is 0. The van der Waals surface area contributed by atoms with E-state index in [4.69, 9.17) is 0 Å². The van der Waals surface area contributed by atoms with Gasteiger partial charge in [0.1, 0.15) is 0 Å². The number of hydrogen-bond donors (Lipinski definition) is 0. The number of carboxylic acids is 1. The largest absolute Gasteiger partial charge is 0.550 e. The van der Waals surface area contributed by atoms with Gasteiger partial charge in [0.15, 0.2) is 0 Å². The number of carbonyl (C=O) groups is 1. The Morgan fingerprint density at radius 2 is 1.73 bits per heavy atom. The second-order valence-corrected chi connectivity index (χ2v) is 4.56. The third-order valence-electron chi connectivity index (χ3n) is 2.37. The quantitative estimate of drug-likeness (QED) is 0.658. The average molecular weight is 222 g/mol. The Morgan fingerprint density at radius 1 is 1.36 bits per heavy atom. The van der Waals surface area contributed by atoms with E-state index in [1.807, 2.05) is 20.8 Å². The maximum absolute atomic E-state index is 10.8. The molecule has 0 saturated carbocycles. The van der Waals surface area contributed by atoms with Crippen LogP contribution >= 0.6 is 15.9 Å². The van der Waals surface area contributed by atoms with Crippen LogP contribution in [0.1, 0.15) is 27.7 Å². The van der Waals surface area contributed by atoms with Crippen LogP contribution in [-0.2, 0) is 4.79 Å². The van der Waals surface area contributed by atoms with Gasteiger partial charge in [0.05, 0.1) is 0 Å². The highest BCUT2D eigenvalue weighted by atomic mass is 79.9. The fourth-order valence-electron chi connectivity index (χ4n) is 0.561. The number of hydrogen-bond acceptors (Lipinski definition) is 2. The van der Waals surface area contributed by atoms with Gasteiger partial charge in [-0.1, -0.05) is 43.6 Å². The van der Waals surface area contributed by atoms with E-state index in [1.165, 1.54) is 0 Å². The lowest BCUT2D eigenvalue weighted by Crippen LogP contribution is -2.49. The molecule has 0 saturated heterocycles. The summed E-state index contributed by atoms with van der Waals surface area (Å²) in [5.41, 5.74) is -1.08. The zero-order valence-electron chi connectivity index (χ0n) is 7.40. The second-order valence-electron chi connectivity index (χ2n) is 4.00. The van der Waals surface area contributed by atoms with Gasteiger partial charge < -0.3 is 9.90 Å². The number of carbonyl (C=O) groups excluding carboxylic acids is 1. The molecule has 0 aliphatic heterocycles. The third-order valence-corrected chi connectivity index (χ3v) is 3.49. The molecule has 0 aliphatic carbocycles. The van der Waals surface area contributed by atoms with Gasteiger partial charge in [-0.2, -0.15) is 0 Å². The lowest BCUT2D eigenvalue weighted by atomic mass is 9.69. The van der Waals surface area contributed by atoms with E-state index in [-0.39, 0.29) is 5.41 Å². The summed E-state index contributed by atoms with van der Waals surface area (Å²) in [5, 5.41) is 11.2. The van der Waals surface area contributed by atoms with Gasteiger partial charge in [-0.15, -0.1) is 0 Å². The Labute approximate surface area is 76.1 Å². The standard InChI is InChI=1S/C8H15BrO2/c1-7(2,3)8(4,5-9)6(10)11/h5H2,1-4H3,(H,10,11)/p-1. The molecule has 0 aromatic heterocycles. The molecule has 2 nitrogen and oxygen atoms in total. The van der Waals surface area contributed by atoms with E-state index in [1.54, 1.807) is 6.92 Å². The molecule has 0 aromatic rings. The number of rotatable bonds is 2. The van der Waals surface area contributed by atoms with Crippen molar-refractivity contribution in [2.45, 2.75) is 27.7 Å². The fourth-order valence-corrected chi connectivity index (χ4v) is 1.63. The van der Waals surface area contributed by atoms with Crippen molar-refractivity contribution in [1.29, 1.82) is 0 Å². The highest BCUT2D eigenvalue weighted by Crippen LogP contribution is 2.39. The van der Waals surface area contributed by atoms with Crippen LogP contribution in [0.2, 0.25) is 0 Å². The van der Waals surface area contributed by atoms with Crippen LogP contribution in [0.15, 0.2) is 0 Å². The first-order chi connectivity index (χ1) is 4.75. The molecule has 0 N–H and O–H groups in total. The Kier molecular flexibility index (Phi) is 3.12. The first-order valence-electron chi connectivity index (χ1n) is 3.53. The summed E-state index contributed by atoms with van der Waals surface area (Å²) in [5.74, 6) is -0.998. The van der Waals surface area contributed by atoms with Crippen LogP contribution in [0.25, 0.3) is 0 Å². The van der Waals surface area contributed by atoms with Crippen LogP contribution in [0.4, 0.5) is 0 Å². The smallest absolute Gasteiger partial charge is 0.0487 e. The first kappa shape index (κ1) is 11.0. The number of aliphatic carboxylic acids is 1. The van der Waals surface area contributed by atoms with Crippen LogP contribution in [-0.4, -0.2) is 11.3 Å². The molecule has 0 rings (SSSR count). The lowest BCUT2D eigenvalue weighted by Gasteiger charge is -2.41. The highest BCUT2D eigenvalue weighted by molar-refractivity contribution is 9.09. The van der Waals surface area contributed by atoms with Crippen molar-refractivity contribution >= 4 is 21.9 Å². The lowest BCUT2D eigenvalue weighted by molar-refractivity contribution is -0.321. The molecule has 1 atom stereocenters. The molecule has 0 radical (unpaired) electrons. The van der Waals surface area contributed by atoms with Gasteiger partial charge in [0, 0.05) is 16.7 Å². The van der Waals surface area contributed by atoms with Crippen molar-refractivity contribution in [2.75, 3.05) is 5.33 Å². The molecular formula is C8H14BrO2-. The fraction of sp³-hybridized carbons (Fsp3) is 0.875. The first-order valence-corrected chi connectivity index (χ1v) is 4.65. The Balaban J connectivity index is 4.75. The minimum atomic E-state index is -0.998. The summed E-state index contributed by atoms with van der Waals surface area (Å²) in [6.45, 7) is 7.37. The van der Waals surface area contributed by atoms with Gasteiger partial charge in [-0.3, -0.25) is 0 Å². The summed E-state index contributed by atoms with van der Waals surface area (Å²) in [6, 6.07) is 0. The van der Waals surface area contributed by atoms with Crippen LogP contribution < -0.4 is 5.11 Å². The molecule has 3 heteroatoms. The highest BCUT2D eigenvalue weighted by Gasteiger charge is 2.37. The van der Waals surface area contributed by atoms with Crippen LogP contribution in [0.3, 0.4) is 0 Å². The summed E-state index contributed by atoms with van der Waals surface area (Å²) in [7, 11) is 0. The zero-order chi connectivity index (χ0) is 9.28. The minimum absolute atomic E-state index is 0.282. The minimum Gasteiger partial charge on any atom is -0.550 e. The average Bonchev–Trinajstić information content (AvgIpc) is 1.83. The molecule has 0 amide bonds. The van der Waals surface area contributed by atoms with E-state index in [0.717, 1.165) is 0 Å². The van der Waals surface area contributed by atoms with Crippen LogP contribution in [0.5, 0.6) is 0 Å². The van der Waals surface area contributed by atoms with Gasteiger partial charge in [0.2, 0.25) is 0 Å². The van der Waals surface area contributed by atoms with Crippen molar-refractivity contribution in [3.8, 4) is 0 Å². The number of carboxylic acid groups (broad SMARTS) is 1. The van der Waals surface area contributed by atoms with Gasteiger partial charge >= 0.3 is 0 Å². The Bertz CT molecular complexity index is 160. The number of halogens is 1. The normalized spacial score (nSPS) is 17.5. The maximum Gasteiger partial charge on any atom is 0.0487 e. The van der Waals surface area contributed by atoms with Gasteiger partial charge in [-0.05, 0) is 5.41 Å². The van der Waals surface area contributed by atoms with E-state index in [0.29, 0.717) is 5.33 Å². The summed E-state index contributed by atoms with van der Waals surface area (Å²) in [6.07, 6.45) is 0. The molecule has 0 aliphatic rings. The predicted octanol–water partition coefficient (Wildman–Crippen LogP) is 1.18. The third kappa shape index (κ3) is 1.95. The molecule has 0 spiro atoms. The van der Waals surface area contributed by atoms with Crippen molar-refractivity contribution in [1.82, 2.24) is 0 Å². The van der Waals surface area contributed by atoms with E-state index < -0.39 is 11.4 Å². The number of alkyl halides is 1. The van der Waals surface area contributed by atoms with Crippen LogP contribution in [0, 0.1) is 10.8 Å². The van der Waals surface area contributed by atoms with Crippen molar-refractivity contribution < 1.29 is 9.90 Å². The van der Waals surface area contributed by atoms with Crippen molar-refractivity contribution in [2.24, 2.45) is 10.8 Å². The molecule has 0 aromatic carbocycles. The van der Waals surface area contributed by atoms with Crippen molar-refractivity contribution in [3.63, 3.8) is 0 Å². The summed E-state index contributed by atoms with van der Waals surface area (Å²) >= 11 is 3.19. The topological polar surface area (TPSA) is 40.1 Å². The SMILES string of the molecule is CC(C)(C)C(C)(CBr)C(=O)[O-]. The molecular weight excluding hydrogens is 208 g/mol. The van der Waals surface area contributed by atoms with Crippen molar-refractivity contribution in [3.05, 3.63) is 0 Å². The molecule has 0 fully saturated rings. The molecule has 11 heavy (non-hydrogen) atoms. The molecule has 0 heterocycles. The van der Waals surface area contributed by atoms with Gasteiger partial charge in [0.25, 0.3) is 0 Å². The Morgan fingerprint density at radius 3 is 1.73 bits per heavy atom. The van der Waals surface area contributed by atoms with E-state index in [9.17, 15) is 9.90 Å². The molecule has 0 bridgehead atoms. The zero-order valence-corrected chi connectivity index (χ0v) is 8.99. The Hall–Kier alpha value is -0.0500. The second kappa shape index (κ2) is 3.13. The molecule has 1 unspecified atom stereocenters.